The van der Waals surface area contributed by atoms with Crippen LogP contribution in [0.3, 0.4) is 0 Å². The van der Waals surface area contributed by atoms with Crippen LogP contribution in [-0.2, 0) is 0 Å². The van der Waals surface area contributed by atoms with E-state index in [1.807, 2.05) is 182 Å². The molecule has 0 saturated heterocycles. The van der Waals surface area contributed by atoms with Crippen LogP contribution in [0.25, 0.3) is 201 Å². The fourth-order valence-electron chi connectivity index (χ4n) is 14.3. The summed E-state index contributed by atoms with van der Waals surface area (Å²) < 4.78 is 10.9. The minimum Gasteiger partial charge on any atom is -0.246 e. The van der Waals surface area contributed by atoms with Crippen molar-refractivity contribution in [1.82, 2.24) is 55.5 Å². The van der Waals surface area contributed by atoms with E-state index in [1.165, 1.54) is 0 Å². The van der Waals surface area contributed by atoms with Crippen LogP contribution in [0, 0.1) is 0 Å². The van der Waals surface area contributed by atoms with Crippen molar-refractivity contribution >= 4 is 65.4 Å². The van der Waals surface area contributed by atoms with E-state index >= 15 is 0 Å². The Morgan fingerprint density at radius 1 is 0.170 bits per heavy atom. The van der Waals surface area contributed by atoms with Gasteiger partial charge in [0.25, 0.3) is 0 Å². The average molecular weight is 1360 g/mol. The molecule has 20 aromatic rings. The van der Waals surface area contributed by atoms with Gasteiger partial charge in [-0.25, -0.2) is 44.1 Å². The monoisotopic (exact) mass is 1360 g/mol. The van der Waals surface area contributed by atoms with Gasteiger partial charge in [0.05, 0.1) is 33.8 Å². The molecule has 0 unspecified atom stereocenters. The molecule has 0 saturated carbocycles. The molecule has 0 spiro atoms. The zero-order valence-electron chi connectivity index (χ0n) is 56.6. The third-order valence-corrected chi connectivity index (χ3v) is 19.4. The molecule has 0 bridgehead atoms. The summed E-state index contributed by atoms with van der Waals surface area (Å²) in [6.07, 6.45) is 0. The molecule has 13 heteroatoms. The van der Waals surface area contributed by atoms with Crippen LogP contribution in [0.5, 0.6) is 0 Å². The van der Waals surface area contributed by atoms with Gasteiger partial charge in [0.15, 0.2) is 23.3 Å². The zero-order chi connectivity index (χ0) is 70.3. The summed E-state index contributed by atoms with van der Waals surface area (Å²) in [5.74, 6) is 2.55. The molecule has 0 amide bonds. The highest BCUT2D eigenvalue weighted by molar-refractivity contribution is 6.26. The van der Waals surface area contributed by atoms with E-state index in [1.54, 1.807) is 0 Å². The van der Waals surface area contributed by atoms with Crippen molar-refractivity contribution < 1.29 is 9.26 Å². The lowest BCUT2D eigenvalue weighted by atomic mass is 9.92. The van der Waals surface area contributed by atoms with Crippen molar-refractivity contribution in [1.29, 1.82) is 0 Å². The second-order valence-electron chi connectivity index (χ2n) is 25.8. The summed E-state index contributed by atoms with van der Waals surface area (Å²) in [4.78, 5) is 35.6. The van der Waals surface area contributed by atoms with Gasteiger partial charge in [-0.1, -0.05) is 328 Å². The summed E-state index contributed by atoms with van der Waals surface area (Å²) >= 11 is 0. The third kappa shape index (κ3) is 11.6. The number of benzene rings is 14. The molecular formula is C93H57N11O2. The van der Waals surface area contributed by atoms with E-state index in [-0.39, 0.29) is 0 Å². The zero-order valence-corrected chi connectivity index (χ0v) is 56.6. The van der Waals surface area contributed by atoms with Gasteiger partial charge >= 0.3 is 0 Å². The van der Waals surface area contributed by atoms with E-state index in [4.69, 9.17) is 44.1 Å². The second kappa shape index (κ2) is 27.0. The van der Waals surface area contributed by atoms with Crippen LogP contribution in [0.15, 0.2) is 355 Å². The fourth-order valence-corrected chi connectivity index (χ4v) is 14.3. The summed E-state index contributed by atoms with van der Waals surface area (Å²) in [5.41, 5.74) is 23.9. The Bertz CT molecular complexity index is 6120. The van der Waals surface area contributed by atoms with Crippen molar-refractivity contribution in [3.63, 3.8) is 0 Å². The number of aromatic nitrogens is 11. The number of pyridine rings is 2. The lowest BCUT2D eigenvalue weighted by Crippen LogP contribution is -2.00. The van der Waals surface area contributed by atoms with E-state index in [0.717, 1.165) is 161 Å². The van der Waals surface area contributed by atoms with Gasteiger partial charge in [-0.05, 0) is 61.1 Å². The number of fused-ring (bicyclic) bond motifs is 10. The minimum atomic E-state index is 0.604. The Kier molecular flexibility index (Phi) is 15.9. The lowest BCUT2D eigenvalue weighted by molar-refractivity contribution is 0.316. The van der Waals surface area contributed by atoms with E-state index < -0.39 is 0 Å². The summed E-state index contributed by atoms with van der Waals surface area (Å²) in [7, 11) is 0. The first kappa shape index (κ1) is 62.3. The highest BCUT2D eigenvalue weighted by Gasteiger charge is 2.25. The first-order chi connectivity index (χ1) is 52.6. The molecule has 6 aromatic heterocycles. The predicted octanol–water partition coefficient (Wildman–Crippen LogP) is 22.8. The van der Waals surface area contributed by atoms with E-state index in [9.17, 15) is 0 Å². The van der Waals surface area contributed by atoms with Crippen LogP contribution >= 0.6 is 0 Å². The molecule has 496 valence electrons. The van der Waals surface area contributed by atoms with Crippen LogP contribution in [0.2, 0.25) is 0 Å². The maximum Gasteiger partial charge on any atom is 0.164 e. The van der Waals surface area contributed by atoms with Crippen molar-refractivity contribution in [3.8, 4) is 135 Å². The molecule has 0 radical (unpaired) electrons. The van der Waals surface area contributed by atoms with Crippen molar-refractivity contribution in [2.75, 3.05) is 0 Å². The van der Waals surface area contributed by atoms with Gasteiger partial charge in [0.2, 0.25) is 0 Å². The average Bonchev–Trinajstić information content (AvgIpc) is 1.28. The van der Waals surface area contributed by atoms with Crippen LogP contribution in [0.1, 0.15) is 0 Å². The van der Waals surface area contributed by atoms with Crippen LogP contribution in [-0.4, -0.2) is 55.5 Å². The summed E-state index contributed by atoms with van der Waals surface area (Å²) in [5, 5.41) is 23.6. The largest absolute Gasteiger partial charge is 0.246 e. The van der Waals surface area contributed by atoms with Gasteiger partial charge < -0.3 is 0 Å². The van der Waals surface area contributed by atoms with Crippen LogP contribution in [0.4, 0.5) is 0 Å². The number of nitrogens with zero attached hydrogens (tertiary/aromatic N) is 11. The van der Waals surface area contributed by atoms with Crippen molar-refractivity contribution in [3.05, 3.63) is 346 Å². The number of para-hydroxylation sites is 2. The van der Waals surface area contributed by atoms with E-state index in [0.29, 0.717) is 39.8 Å². The molecule has 0 aliphatic carbocycles. The van der Waals surface area contributed by atoms with Gasteiger partial charge in [-0.2, -0.15) is 0 Å². The molecule has 20 rings (SSSR count). The molecule has 106 heavy (non-hydrogen) atoms. The Morgan fingerprint density at radius 2 is 0.443 bits per heavy atom. The van der Waals surface area contributed by atoms with Crippen molar-refractivity contribution in [2.24, 2.45) is 0 Å². The Labute approximate surface area is 607 Å². The van der Waals surface area contributed by atoms with Gasteiger partial charge in [0.1, 0.15) is 22.1 Å². The van der Waals surface area contributed by atoms with Gasteiger partial charge in [-0.15, -0.1) is 0 Å². The second-order valence-corrected chi connectivity index (χ2v) is 25.8. The SMILES string of the molecule is c1ccc(-c2cc(-c3ccc(-c4cccc5c4nc(-c4ccccc4)c4cc(-c6ccccc6)c6nonc6c45)cc3)nc(-c3ccccc3)n2)cc1.c1ccc(-c2nc(-c3ccccc3)nc(-c3ccc(-c4cccc5c4nc(-c4ccccc4)c4cc(-c6ccccc6)c6nonc6c45)cc3)n2)cc1. The first-order valence-corrected chi connectivity index (χ1v) is 34.9. The molecule has 0 aliphatic rings. The minimum absolute atomic E-state index is 0.604. The highest BCUT2D eigenvalue weighted by Crippen LogP contribution is 2.46. The Morgan fingerprint density at radius 3 is 0.811 bits per heavy atom. The molecule has 0 fully saturated rings. The third-order valence-electron chi connectivity index (χ3n) is 19.4. The molecule has 14 aromatic carbocycles. The summed E-state index contributed by atoms with van der Waals surface area (Å²) in [6.45, 7) is 0. The number of hydrogen-bond donors (Lipinski definition) is 0. The van der Waals surface area contributed by atoms with Crippen molar-refractivity contribution in [2.45, 2.75) is 0 Å². The fraction of sp³-hybridized carbons (Fsp3) is 0. The topological polar surface area (TPSA) is 168 Å². The van der Waals surface area contributed by atoms with E-state index in [2.05, 4.69) is 184 Å². The van der Waals surface area contributed by atoms with Crippen LogP contribution < -0.4 is 0 Å². The Balaban J connectivity index is 0.000000145. The smallest absolute Gasteiger partial charge is 0.164 e. The number of hydrogen-bond acceptors (Lipinski definition) is 13. The first-order valence-electron chi connectivity index (χ1n) is 34.9. The molecule has 0 atom stereocenters. The highest BCUT2D eigenvalue weighted by atomic mass is 16.6. The molecule has 0 aliphatic heterocycles. The van der Waals surface area contributed by atoms with Gasteiger partial charge in [-0.3, -0.25) is 0 Å². The Hall–Kier alpha value is -14.7. The van der Waals surface area contributed by atoms with Gasteiger partial charge in [0, 0.05) is 99.1 Å². The maximum atomic E-state index is 5.45. The quantitative estimate of drug-likeness (QED) is 0.106. The molecule has 0 N–H and O–H groups in total. The summed E-state index contributed by atoms with van der Waals surface area (Å²) in [6, 6.07) is 117. The molecule has 6 heterocycles. The lowest BCUT2D eigenvalue weighted by Gasteiger charge is -2.15. The maximum absolute atomic E-state index is 5.45. The predicted molar refractivity (Wildman–Crippen MR) is 423 cm³/mol. The molecule has 13 nitrogen and oxygen atoms in total. The standard InChI is InChI=1S/C47H29N5O.C46H28N6O/c1-5-14-30(15-6-1)38-28-39-42(46-45(38)51-53-52-46)37-23-13-22-36(44(37)50-43(39)34-18-9-3-10-19-34)31-24-26-33(27-25-31)41-29-40(32-16-7-2-8-17-32)48-47(49-41)35-20-11-4-12-21-35;1-5-14-29(15-6-1)37-28-38-39(43-42(37)51-53-52-43)36-23-13-22-35(41(36)47-40(38)31-16-7-2-8-17-31)30-24-26-34(27-25-30)46-49-44(32-18-9-3-10-19-32)48-45(50-46)33-20-11-4-12-21-33/h1-29H;1-28H. The molecular weight excluding hydrogens is 1300 g/mol. The normalized spacial score (nSPS) is 11.4. The number of rotatable bonds is 12.